The normalized spacial score (nSPS) is 20.6. The Labute approximate surface area is 166 Å². The molecule has 0 saturated carbocycles. The highest BCUT2D eigenvalue weighted by molar-refractivity contribution is 5.85. The number of aromatic amines is 1. The number of nitrogens with one attached hydrogen (secondary N) is 1. The molecule has 2 aromatic heterocycles. The summed E-state index contributed by atoms with van der Waals surface area (Å²) < 4.78 is 0. The summed E-state index contributed by atoms with van der Waals surface area (Å²) in [4.78, 5) is 25.8. The van der Waals surface area contributed by atoms with E-state index in [1.54, 1.807) is 12.4 Å². The second-order valence-corrected chi connectivity index (χ2v) is 7.34. The van der Waals surface area contributed by atoms with Crippen LogP contribution in [0.2, 0.25) is 0 Å². The number of H-pyrrole nitrogens is 1. The lowest BCUT2D eigenvalue weighted by atomic mass is 9.81. The Bertz CT molecular complexity index is 674. The van der Waals surface area contributed by atoms with Crippen LogP contribution in [0.25, 0.3) is 11.0 Å². The maximum absolute atomic E-state index is 11.2. The number of imidazole rings is 1. The highest BCUT2D eigenvalue weighted by Gasteiger charge is 2.31. The molecule has 2 atom stereocenters. The highest BCUT2D eigenvalue weighted by atomic mass is 35.5. The van der Waals surface area contributed by atoms with Crippen LogP contribution in [-0.2, 0) is 11.2 Å². The van der Waals surface area contributed by atoms with E-state index in [0.29, 0.717) is 11.8 Å². The summed E-state index contributed by atoms with van der Waals surface area (Å²) >= 11 is 0. The van der Waals surface area contributed by atoms with Gasteiger partial charge in [0.2, 0.25) is 0 Å². The largest absolute Gasteiger partial charge is 0.481 e. The number of pyridine rings is 1. The van der Waals surface area contributed by atoms with E-state index in [1.165, 1.54) is 0 Å². The van der Waals surface area contributed by atoms with Gasteiger partial charge in [-0.3, -0.25) is 9.78 Å². The summed E-state index contributed by atoms with van der Waals surface area (Å²) in [5, 5.41) is 9.23. The van der Waals surface area contributed by atoms with Gasteiger partial charge in [-0.25, -0.2) is 4.98 Å². The standard InChI is InChI=1S/C18H26N4O2.2ClH/c1-12(2)10-22-6-4-13(8-18(23)24)14(11-22)7-17-20-15-3-5-19-9-16(15)21-17;;/h3,5,9,12-14H,4,6-8,10-11H2,1-2H3,(H,20,21)(H,23,24);2*1H/t13-,14-;;/m0../s1. The van der Waals surface area contributed by atoms with Gasteiger partial charge in [-0.2, -0.15) is 0 Å². The number of aliphatic carboxylic acids is 1. The molecule has 1 aliphatic rings. The summed E-state index contributed by atoms with van der Waals surface area (Å²) in [5.41, 5.74) is 1.86. The van der Waals surface area contributed by atoms with Gasteiger partial charge in [0.1, 0.15) is 5.82 Å². The summed E-state index contributed by atoms with van der Waals surface area (Å²) in [6.45, 7) is 7.47. The van der Waals surface area contributed by atoms with Crippen LogP contribution in [0, 0.1) is 17.8 Å². The van der Waals surface area contributed by atoms with Crippen LogP contribution in [0.1, 0.15) is 32.5 Å². The van der Waals surface area contributed by atoms with Gasteiger partial charge in [0.15, 0.2) is 0 Å². The number of aromatic nitrogens is 3. The molecule has 3 rings (SSSR count). The Morgan fingerprint density at radius 3 is 2.81 bits per heavy atom. The average molecular weight is 403 g/mol. The molecule has 26 heavy (non-hydrogen) atoms. The second-order valence-electron chi connectivity index (χ2n) is 7.34. The monoisotopic (exact) mass is 402 g/mol. The minimum absolute atomic E-state index is 0. The van der Waals surface area contributed by atoms with Gasteiger partial charge < -0.3 is 15.0 Å². The number of rotatable bonds is 6. The summed E-state index contributed by atoms with van der Waals surface area (Å²) in [5.74, 6) is 1.40. The first-order valence-corrected chi connectivity index (χ1v) is 8.74. The van der Waals surface area contributed by atoms with Crippen molar-refractivity contribution in [2.45, 2.75) is 33.1 Å². The maximum Gasteiger partial charge on any atom is 0.303 e. The molecule has 1 saturated heterocycles. The Hall–Kier alpha value is -1.37. The number of fused-ring (bicyclic) bond motifs is 1. The van der Waals surface area contributed by atoms with E-state index in [2.05, 4.69) is 33.7 Å². The van der Waals surface area contributed by atoms with Gasteiger partial charge in [-0.15, -0.1) is 24.8 Å². The molecule has 2 aromatic rings. The molecular formula is C18H28Cl2N4O2. The molecule has 0 unspecified atom stereocenters. The maximum atomic E-state index is 11.2. The fourth-order valence-electron chi connectivity index (χ4n) is 3.82. The van der Waals surface area contributed by atoms with E-state index >= 15 is 0 Å². The lowest BCUT2D eigenvalue weighted by Crippen LogP contribution is -2.43. The molecule has 1 aliphatic heterocycles. The van der Waals surface area contributed by atoms with Crippen molar-refractivity contribution in [2.75, 3.05) is 19.6 Å². The van der Waals surface area contributed by atoms with Crippen molar-refractivity contribution in [2.24, 2.45) is 17.8 Å². The molecule has 0 amide bonds. The summed E-state index contributed by atoms with van der Waals surface area (Å²) in [6.07, 6.45) is 5.52. The molecule has 0 aliphatic carbocycles. The van der Waals surface area contributed by atoms with Crippen molar-refractivity contribution in [1.82, 2.24) is 19.9 Å². The molecule has 8 heteroatoms. The van der Waals surface area contributed by atoms with Crippen LogP contribution in [0.4, 0.5) is 0 Å². The molecule has 0 spiro atoms. The number of carbonyl (C=O) groups is 1. The minimum Gasteiger partial charge on any atom is -0.481 e. The van der Waals surface area contributed by atoms with E-state index in [4.69, 9.17) is 0 Å². The first-order valence-electron chi connectivity index (χ1n) is 8.74. The first kappa shape index (κ1) is 22.7. The Morgan fingerprint density at radius 2 is 2.15 bits per heavy atom. The van der Waals surface area contributed by atoms with E-state index < -0.39 is 5.97 Å². The average Bonchev–Trinajstić information content (AvgIpc) is 2.91. The van der Waals surface area contributed by atoms with E-state index in [1.807, 2.05) is 6.07 Å². The number of piperidine rings is 1. The number of hydrogen-bond acceptors (Lipinski definition) is 4. The Morgan fingerprint density at radius 1 is 1.38 bits per heavy atom. The number of likely N-dealkylation sites (tertiary alicyclic amines) is 1. The topological polar surface area (TPSA) is 82.1 Å². The zero-order valence-electron chi connectivity index (χ0n) is 15.2. The SMILES string of the molecule is CC(C)CN1CC[C@@H](CC(=O)O)[C@@H](Cc2nc3ccncc3[nH]2)C1.Cl.Cl. The van der Waals surface area contributed by atoms with Gasteiger partial charge in [-0.05, 0) is 36.8 Å². The van der Waals surface area contributed by atoms with Gasteiger partial charge in [0, 0.05) is 32.1 Å². The molecular weight excluding hydrogens is 375 g/mol. The van der Waals surface area contributed by atoms with Crippen molar-refractivity contribution >= 4 is 41.8 Å². The molecule has 1 fully saturated rings. The molecule has 146 valence electrons. The molecule has 6 nitrogen and oxygen atoms in total. The van der Waals surface area contributed by atoms with Crippen LogP contribution < -0.4 is 0 Å². The van der Waals surface area contributed by atoms with Crippen LogP contribution in [0.5, 0.6) is 0 Å². The predicted molar refractivity (Wildman–Crippen MR) is 107 cm³/mol. The number of halogens is 2. The van der Waals surface area contributed by atoms with Gasteiger partial charge in [-0.1, -0.05) is 13.8 Å². The lowest BCUT2D eigenvalue weighted by molar-refractivity contribution is -0.139. The first-order chi connectivity index (χ1) is 11.5. The molecule has 3 heterocycles. The molecule has 0 bridgehead atoms. The van der Waals surface area contributed by atoms with Crippen molar-refractivity contribution in [3.63, 3.8) is 0 Å². The summed E-state index contributed by atoms with van der Waals surface area (Å²) in [6, 6.07) is 1.90. The van der Waals surface area contributed by atoms with E-state index in [0.717, 1.165) is 49.3 Å². The van der Waals surface area contributed by atoms with Gasteiger partial charge in [0.25, 0.3) is 0 Å². The zero-order chi connectivity index (χ0) is 17.1. The molecule has 2 N–H and O–H groups in total. The van der Waals surface area contributed by atoms with E-state index in [-0.39, 0.29) is 37.2 Å². The van der Waals surface area contributed by atoms with Gasteiger partial charge >= 0.3 is 5.97 Å². The number of nitrogens with zero attached hydrogens (tertiary/aromatic N) is 3. The Balaban J connectivity index is 0.00000169. The van der Waals surface area contributed by atoms with Crippen LogP contribution in [0.15, 0.2) is 18.5 Å². The second kappa shape index (κ2) is 10.1. The fraction of sp³-hybridized carbons (Fsp3) is 0.611. The van der Waals surface area contributed by atoms with Crippen LogP contribution in [0.3, 0.4) is 0 Å². The summed E-state index contributed by atoms with van der Waals surface area (Å²) in [7, 11) is 0. The quantitative estimate of drug-likeness (QED) is 0.773. The van der Waals surface area contributed by atoms with Crippen molar-refractivity contribution in [3.05, 3.63) is 24.3 Å². The zero-order valence-corrected chi connectivity index (χ0v) is 16.9. The van der Waals surface area contributed by atoms with Crippen LogP contribution in [-0.4, -0.2) is 50.6 Å². The smallest absolute Gasteiger partial charge is 0.303 e. The third-order valence-electron chi connectivity index (χ3n) is 4.82. The number of carboxylic acid groups (broad SMARTS) is 1. The number of carboxylic acids is 1. The predicted octanol–water partition coefficient (Wildman–Crippen LogP) is 3.41. The third-order valence-corrected chi connectivity index (χ3v) is 4.82. The van der Waals surface area contributed by atoms with Crippen molar-refractivity contribution < 1.29 is 9.90 Å². The van der Waals surface area contributed by atoms with Crippen LogP contribution >= 0.6 is 24.8 Å². The highest BCUT2D eigenvalue weighted by Crippen LogP contribution is 2.30. The number of hydrogen-bond donors (Lipinski definition) is 2. The lowest BCUT2D eigenvalue weighted by Gasteiger charge is -2.38. The minimum atomic E-state index is -0.698. The van der Waals surface area contributed by atoms with Crippen molar-refractivity contribution in [3.8, 4) is 0 Å². The Kier molecular flexibility index (Phi) is 8.80. The van der Waals surface area contributed by atoms with Crippen molar-refractivity contribution in [1.29, 1.82) is 0 Å². The van der Waals surface area contributed by atoms with E-state index in [9.17, 15) is 9.90 Å². The van der Waals surface area contributed by atoms with Gasteiger partial charge in [0.05, 0.1) is 17.2 Å². The molecule has 0 aromatic carbocycles. The fourth-order valence-corrected chi connectivity index (χ4v) is 3.82. The third kappa shape index (κ3) is 5.83. The molecule has 0 radical (unpaired) electrons.